The van der Waals surface area contributed by atoms with Crippen LogP contribution in [0.15, 0.2) is 48.5 Å². The van der Waals surface area contributed by atoms with Gasteiger partial charge in [-0.3, -0.25) is 9.59 Å². The molecule has 0 saturated heterocycles. The van der Waals surface area contributed by atoms with Crippen molar-refractivity contribution in [1.29, 1.82) is 0 Å². The molecule has 1 N–H and O–H groups in total. The maximum absolute atomic E-state index is 13.1. The Hall–Kier alpha value is -2.53. The predicted octanol–water partition coefficient (Wildman–Crippen LogP) is 4.89. The summed E-state index contributed by atoms with van der Waals surface area (Å²) in [6.07, 6.45) is 5.50. The lowest BCUT2D eigenvalue weighted by molar-refractivity contribution is -0.142. The van der Waals surface area contributed by atoms with E-state index < -0.39 is 6.04 Å². The van der Waals surface area contributed by atoms with E-state index in [-0.39, 0.29) is 24.5 Å². The van der Waals surface area contributed by atoms with Gasteiger partial charge in [-0.1, -0.05) is 66.8 Å². The number of nitrogens with zero attached hydrogens (tertiary/aromatic N) is 1. The first-order valence-corrected chi connectivity index (χ1v) is 11.3. The molecule has 1 aliphatic rings. The van der Waals surface area contributed by atoms with Crippen LogP contribution in [0.3, 0.4) is 0 Å². The number of amides is 2. The summed E-state index contributed by atoms with van der Waals surface area (Å²) in [7, 11) is 0. The Morgan fingerprint density at radius 3 is 2.52 bits per heavy atom. The smallest absolute Gasteiger partial charge is 0.261 e. The molecule has 1 atom stereocenters. The van der Waals surface area contributed by atoms with Crippen LogP contribution in [0.4, 0.5) is 0 Å². The van der Waals surface area contributed by atoms with Crippen LogP contribution in [0.25, 0.3) is 0 Å². The van der Waals surface area contributed by atoms with Gasteiger partial charge in [0.25, 0.3) is 5.91 Å². The molecule has 6 heteroatoms. The van der Waals surface area contributed by atoms with E-state index >= 15 is 0 Å². The van der Waals surface area contributed by atoms with E-state index in [2.05, 4.69) is 5.32 Å². The van der Waals surface area contributed by atoms with Crippen molar-refractivity contribution in [2.75, 3.05) is 6.61 Å². The van der Waals surface area contributed by atoms with E-state index in [0.717, 1.165) is 36.8 Å². The van der Waals surface area contributed by atoms with Gasteiger partial charge in [-0.25, -0.2) is 0 Å². The van der Waals surface area contributed by atoms with Crippen molar-refractivity contribution < 1.29 is 14.3 Å². The van der Waals surface area contributed by atoms with Crippen molar-refractivity contribution in [1.82, 2.24) is 10.2 Å². The van der Waals surface area contributed by atoms with Crippen LogP contribution in [-0.4, -0.2) is 35.4 Å². The summed E-state index contributed by atoms with van der Waals surface area (Å²) in [5.41, 5.74) is 2.12. The maximum Gasteiger partial charge on any atom is 0.261 e. The van der Waals surface area contributed by atoms with Crippen LogP contribution in [0.1, 0.15) is 50.2 Å². The molecule has 2 amide bonds. The molecule has 1 fully saturated rings. The second kappa shape index (κ2) is 11.2. The van der Waals surface area contributed by atoms with Crippen LogP contribution >= 0.6 is 11.6 Å². The molecule has 0 bridgehead atoms. The van der Waals surface area contributed by atoms with E-state index in [9.17, 15) is 9.59 Å². The average Bonchev–Trinajstić information content (AvgIpc) is 2.77. The van der Waals surface area contributed by atoms with Gasteiger partial charge in [0, 0.05) is 17.6 Å². The van der Waals surface area contributed by atoms with Crippen molar-refractivity contribution in [3.63, 3.8) is 0 Å². The van der Waals surface area contributed by atoms with Crippen LogP contribution < -0.4 is 10.1 Å². The van der Waals surface area contributed by atoms with Gasteiger partial charge in [-0.05, 0) is 50.5 Å². The van der Waals surface area contributed by atoms with Crippen LogP contribution in [0.5, 0.6) is 5.75 Å². The number of carbonyl (C=O) groups is 2. The zero-order valence-electron chi connectivity index (χ0n) is 18.3. The first-order valence-electron chi connectivity index (χ1n) is 11.0. The van der Waals surface area contributed by atoms with Crippen molar-refractivity contribution in [2.24, 2.45) is 0 Å². The molecular formula is C25H31ClN2O3. The highest BCUT2D eigenvalue weighted by atomic mass is 35.5. The summed E-state index contributed by atoms with van der Waals surface area (Å²) >= 11 is 6.00. The lowest BCUT2D eigenvalue weighted by Gasteiger charge is -2.31. The third-order valence-electron chi connectivity index (χ3n) is 5.75. The van der Waals surface area contributed by atoms with Gasteiger partial charge in [0.2, 0.25) is 5.91 Å². The molecular weight excluding hydrogens is 412 g/mol. The molecule has 2 aromatic rings. The SMILES string of the molecule is Cc1ccc(CN(C(=O)COc2cccc(Cl)c2)[C@H](C)C(=O)NC2CCCCC2)cc1. The van der Waals surface area contributed by atoms with Crippen LogP contribution in [0.2, 0.25) is 5.02 Å². The van der Waals surface area contributed by atoms with E-state index in [4.69, 9.17) is 16.3 Å². The highest BCUT2D eigenvalue weighted by molar-refractivity contribution is 6.30. The molecule has 1 aliphatic carbocycles. The summed E-state index contributed by atoms with van der Waals surface area (Å²) < 4.78 is 5.66. The fraction of sp³-hybridized carbons (Fsp3) is 0.440. The molecule has 1 saturated carbocycles. The average molecular weight is 443 g/mol. The van der Waals surface area contributed by atoms with E-state index in [1.54, 1.807) is 36.1 Å². The maximum atomic E-state index is 13.1. The molecule has 0 radical (unpaired) electrons. The zero-order chi connectivity index (χ0) is 22.2. The molecule has 0 heterocycles. The molecule has 0 aliphatic heterocycles. The molecule has 166 valence electrons. The first kappa shape index (κ1) is 23.1. The van der Waals surface area contributed by atoms with Gasteiger partial charge >= 0.3 is 0 Å². The summed E-state index contributed by atoms with van der Waals surface area (Å²) in [4.78, 5) is 27.6. The van der Waals surface area contributed by atoms with Crippen molar-refractivity contribution >= 4 is 23.4 Å². The zero-order valence-corrected chi connectivity index (χ0v) is 19.0. The molecule has 2 aromatic carbocycles. The summed E-state index contributed by atoms with van der Waals surface area (Å²) in [5.74, 6) is 0.164. The molecule has 0 spiro atoms. The highest BCUT2D eigenvalue weighted by Crippen LogP contribution is 2.19. The molecule has 3 rings (SSSR count). The molecule has 0 aromatic heterocycles. The number of rotatable bonds is 8. The first-order chi connectivity index (χ1) is 14.9. The Kier molecular flexibility index (Phi) is 8.35. The van der Waals surface area contributed by atoms with E-state index in [1.165, 1.54) is 6.42 Å². The number of hydrogen-bond acceptors (Lipinski definition) is 3. The monoisotopic (exact) mass is 442 g/mol. The van der Waals surface area contributed by atoms with Gasteiger partial charge in [-0.15, -0.1) is 0 Å². The van der Waals surface area contributed by atoms with Gasteiger partial charge in [0.15, 0.2) is 6.61 Å². The summed E-state index contributed by atoms with van der Waals surface area (Å²) in [5, 5.41) is 3.68. The van der Waals surface area contributed by atoms with Gasteiger partial charge in [0.1, 0.15) is 11.8 Å². The lowest BCUT2D eigenvalue weighted by atomic mass is 9.95. The Morgan fingerprint density at radius 1 is 1.13 bits per heavy atom. The van der Waals surface area contributed by atoms with Gasteiger partial charge < -0.3 is 15.0 Å². The number of ether oxygens (including phenoxy) is 1. The normalized spacial score (nSPS) is 15.2. The number of nitrogens with one attached hydrogen (secondary N) is 1. The lowest BCUT2D eigenvalue weighted by Crippen LogP contribution is -2.51. The third-order valence-corrected chi connectivity index (χ3v) is 5.99. The Balaban J connectivity index is 1.70. The number of aryl methyl sites for hydroxylation is 1. The Labute approximate surface area is 189 Å². The van der Waals surface area contributed by atoms with Crippen molar-refractivity contribution in [3.05, 3.63) is 64.7 Å². The van der Waals surface area contributed by atoms with Crippen molar-refractivity contribution in [2.45, 2.75) is 64.6 Å². The largest absolute Gasteiger partial charge is 0.484 e. The quantitative estimate of drug-likeness (QED) is 0.633. The minimum Gasteiger partial charge on any atom is -0.484 e. The fourth-order valence-corrected chi connectivity index (χ4v) is 4.01. The van der Waals surface area contributed by atoms with E-state index in [0.29, 0.717) is 17.3 Å². The van der Waals surface area contributed by atoms with Gasteiger partial charge in [-0.2, -0.15) is 0 Å². The minimum atomic E-state index is -0.598. The number of benzene rings is 2. The second-order valence-electron chi connectivity index (χ2n) is 8.27. The minimum absolute atomic E-state index is 0.116. The summed E-state index contributed by atoms with van der Waals surface area (Å²) in [6, 6.07) is 14.5. The number of hydrogen-bond donors (Lipinski definition) is 1. The van der Waals surface area contributed by atoms with Gasteiger partial charge in [0.05, 0.1) is 0 Å². The standard InChI is InChI=1S/C25H31ClN2O3/c1-18-11-13-20(14-12-18)16-28(19(2)25(30)27-22-8-4-3-5-9-22)24(29)17-31-23-10-6-7-21(26)15-23/h6-7,10-15,19,22H,3-5,8-9,16-17H2,1-2H3,(H,27,30)/t19-/m1/s1. The summed E-state index contributed by atoms with van der Waals surface area (Å²) in [6.45, 7) is 3.99. The number of halogens is 1. The van der Waals surface area contributed by atoms with Crippen LogP contribution in [-0.2, 0) is 16.1 Å². The van der Waals surface area contributed by atoms with Crippen molar-refractivity contribution in [3.8, 4) is 5.75 Å². The van der Waals surface area contributed by atoms with E-state index in [1.807, 2.05) is 31.2 Å². The molecule has 31 heavy (non-hydrogen) atoms. The predicted molar refractivity (Wildman–Crippen MR) is 123 cm³/mol. The topological polar surface area (TPSA) is 58.6 Å². The molecule has 5 nitrogen and oxygen atoms in total. The third kappa shape index (κ3) is 7.00. The second-order valence-corrected chi connectivity index (χ2v) is 8.71. The number of carbonyl (C=O) groups excluding carboxylic acids is 2. The van der Waals surface area contributed by atoms with Crippen LogP contribution in [0, 0.1) is 6.92 Å². The Bertz CT molecular complexity index is 879. The fourth-order valence-electron chi connectivity index (χ4n) is 3.83. The highest BCUT2D eigenvalue weighted by Gasteiger charge is 2.28. The molecule has 0 unspecified atom stereocenters. The Morgan fingerprint density at radius 2 is 1.84 bits per heavy atom.